The van der Waals surface area contributed by atoms with Crippen LogP contribution in [0.25, 0.3) is 0 Å². The molecule has 2 rings (SSSR count). The van der Waals surface area contributed by atoms with Crippen LogP contribution in [0.4, 0.5) is 0 Å². The Balaban J connectivity index is 1.76. The Morgan fingerprint density at radius 1 is 1.56 bits per heavy atom. The number of nitrogens with zero attached hydrogens (tertiary/aromatic N) is 1. The van der Waals surface area contributed by atoms with Crippen molar-refractivity contribution < 1.29 is 9.53 Å². The Kier molecular flexibility index (Phi) is 5.79. The summed E-state index contributed by atoms with van der Waals surface area (Å²) in [5.74, 6) is 2.52. The van der Waals surface area contributed by atoms with Crippen molar-refractivity contribution in [2.24, 2.45) is 0 Å². The summed E-state index contributed by atoms with van der Waals surface area (Å²) in [7, 11) is 0. The average Bonchev–Trinajstić information content (AvgIpc) is 2.40. The molecule has 2 atom stereocenters. The van der Waals surface area contributed by atoms with E-state index < -0.39 is 0 Å². The van der Waals surface area contributed by atoms with Crippen molar-refractivity contribution in [2.45, 2.75) is 38.3 Å². The normalized spacial score (nSPS) is 29.3. The van der Waals surface area contributed by atoms with Gasteiger partial charge in [-0.25, -0.2) is 0 Å². The van der Waals surface area contributed by atoms with Crippen LogP contribution in [0.15, 0.2) is 0 Å². The molecule has 0 aliphatic carbocycles. The summed E-state index contributed by atoms with van der Waals surface area (Å²) in [6.45, 7) is 5.48. The van der Waals surface area contributed by atoms with Crippen molar-refractivity contribution in [3.8, 4) is 0 Å². The first kappa shape index (κ1) is 14.2. The quantitative estimate of drug-likeness (QED) is 0.832. The second kappa shape index (κ2) is 7.36. The minimum Gasteiger partial charge on any atom is -0.377 e. The zero-order valence-corrected chi connectivity index (χ0v) is 12.0. The summed E-state index contributed by atoms with van der Waals surface area (Å²) in [4.78, 5) is 14.2. The molecular weight excluding hydrogens is 248 g/mol. The average molecular weight is 272 g/mol. The largest absolute Gasteiger partial charge is 0.377 e. The maximum Gasteiger partial charge on any atom is 0.224 e. The van der Waals surface area contributed by atoms with E-state index in [-0.39, 0.29) is 6.10 Å². The van der Waals surface area contributed by atoms with Gasteiger partial charge >= 0.3 is 0 Å². The predicted octanol–water partition coefficient (Wildman–Crippen LogP) is 1.11. The molecule has 1 amide bonds. The van der Waals surface area contributed by atoms with Gasteiger partial charge in [-0.2, -0.15) is 11.8 Å². The number of amides is 1. The van der Waals surface area contributed by atoms with Gasteiger partial charge < -0.3 is 15.0 Å². The molecule has 0 spiro atoms. The van der Waals surface area contributed by atoms with Gasteiger partial charge in [0.05, 0.1) is 6.10 Å². The lowest BCUT2D eigenvalue weighted by atomic mass is 10.1. The Labute approximate surface area is 114 Å². The fourth-order valence-electron chi connectivity index (χ4n) is 2.63. The summed E-state index contributed by atoms with van der Waals surface area (Å²) in [5.41, 5.74) is 0. The van der Waals surface area contributed by atoms with Gasteiger partial charge in [0.25, 0.3) is 0 Å². The highest BCUT2D eigenvalue weighted by Crippen LogP contribution is 2.16. The summed E-state index contributed by atoms with van der Waals surface area (Å²) in [5, 5.41) is 3.43. The second-order valence-electron chi connectivity index (χ2n) is 4.99. The van der Waals surface area contributed by atoms with Gasteiger partial charge in [0.1, 0.15) is 0 Å². The molecule has 0 radical (unpaired) electrons. The molecule has 1 N–H and O–H groups in total. The second-order valence-corrected chi connectivity index (χ2v) is 6.14. The topological polar surface area (TPSA) is 41.6 Å². The van der Waals surface area contributed by atoms with Crippen LogP contribution in [-0.4, -0.2) is 60.7 Å². The summed E-state index contributed by atoms with van der Waals surface area (Å²) >= 11 is 1.94. The summed E-state index contributed by atoms with van der Waals surface area (Å²) in [6.07, 6.45) is 3.06. The van der Waals surface area contributed by atoms with E-state index >= 15 is 0 Å². The van der Waals surface area contributed by atoms with Crippen molar-refractivity contribution in [1.82, 2.24) is 10.2 Å². The number of rotatable bonds is 4. The van der Waals surface area contributed by atoms with Crippen molar-refractivity contribution in [1.29, 1.82) is 0 Å². The lowest BCUT2D eigenvalue weighted by Gasteiger charge is -2.34. The van der Waals surface area contributed by atoms with Crippen LogP contribution in [0.1, 0.15) is 26.2 Å². The first-order chi connectivity index (χ1) is 8.79. The van der Waals surface area contributed by atoms with E-state index in [4.69, 9.17) is 4.74 Å². The molecule has 2 saturated heterocycles. The number of nitrogens with one attached hydrogen (secondary N) is 1. The van der Waals surface area contributed by atoms with Gasteiger partial charge in [-0.3, -0.25) is 4.79 Å². The number of thioether (sulfide) groups is 1. The van der Waals surface area contributed by atoms with Gasteiger partial charge in [-0.1, -0.05) is 0 Å². The van der Waals surface area contributed by atoms with E-state index in [0.29, 0.717) is 18.4 Å². The smallest absolute Gasteiger partial charge is 0.224 e. The zero-order chi connectivity index (χ0) is 12.8. The van der Waals surface area contributed by atoms with Gasteiger partial charge in [0.2, 0.25) is 5.91 Å². The lowest BCUT2D eigenvalue weighted by molar-refractivity contribution is -0.135. The minimum absolute atomic E-state index is 0.251. The number of carbonyl (C=O) groups excluding carboxylic acids is 1. The van der Waals surface area contributed by atoms with Gasteiger partial charge in [-0.05, 0) is 19.8 Å². The molecule has 0 aromatic carbocycles. The fourth-order valence-corrected chi connectivity index (χ4v) is 3.58. The van der Waals surface area contributed by atoms with Crippen LogP contribution >= 0.6 is 11.8 Å². The van der Waals surface area contributed by atoms with Crippen LogP contribution < -0.4 is 5.32 Å². The molecule has 5 heteroatoms. The number of likely N-dealkylation sites (tertiary alicyclic amines) is 1. The number of piperidine rings is 1. The third kappa shape index (κ3) is 4.14. The lowest BCUT2D eigenvalue weighted by Crippen LogP contribution is -2.47. The monoisotopic (exact) mass is 272 g/mol. The Hall–Kier alpha value is -0.260. The van der Waals surface area contributed by atoms with Crippen LogP contribution in [-0.2, 0) is 9.53 Å². The standard InChI is InChI=1S/C13H24N2O2S/c1-2-17-12-4-3-6-15(9-12)13(16)8-11-10-18-7-5-14-11/h11-12,14H,2-10H2,1H3. The van der Waals surface area contributed by atoms with Crippen LogP contribution in [0.5, 0.6) is 0 Å². The SMILES string of the molecule is CCOC1CCCN(C(=O)CC2CSCCN2)C1. The van der Waals surface area contributed by atoms with E-state index in [1.54, 1.807) is 0 Å². The molecular formula is C13H24N2O2S. The highest BCUT2D eigenvalue weighted by molar-refractivity contribution is 7.99. The number of hydrogen-bond acceptors (Lipinski definition) is 4. The molecule has 0 aromatic rings. The molecule has 0 saturated carbocycles. The molecule has 2 unspecified atom stereocenters. The molecule has 2 aliphatic heterocycles. The molecule has 2 aliphatic rings. The first-order valence-corrected chi connectivity index (χ1v) is 8.15. The zero-order valence-electron chi connectivity index (χ0n) is 11.2. The molecule has 104 valence electrons. The number of carbonyl (C=O) groups is 1. The van der Waals surface area contributed by atoms with Crippen molar-refractivity contribution >= 4 is 17.7 Å². The predicted molar refractivity (Wildman–Crippen MR) is 75.0 cm³/mol. The molecule has 0 bridgehead atoms. The van der Waals surface area contributed by atoms with Gasteiger partial charge in [0, 0.05) is 50.2 Å². The Morgan fingerprint density at radius 3 is 3.17 bits per heavy atom. The molecule has 2 heterocycles. The van der Waals surface area contributed by atoms with Crippen molar-refractivity contribution in [3.63, 3.8) is 0 Å². The van der Waals surface area contributed by atoms with Crippen LogP contribution in [0, 0.1) is 0 Å². The van der Waals surface area contributed by atoms with E-state index in [2.05, 4.69) is 5.32 Å². The minimum atomic E-state index is 0.251. The molecule has 18 heavy (non-hydrogen) atoms. The maximum atomic E-state index is 12.2. The van der Waals surface area contributed by atoms with E-state index in [1.165, 1.54) is 5.75 Å². The Morgan fingerprint density at radius 2 is 2.44 bits per heavy atom. The highest BCUT2D eigenvalue weighted by Gasteiger charge is 2.26. The van der Waals surface area contributed by atoms with Crippen molar-refractivity contribution in [3.05, 3.63) is 0 Å². The van der Waals surface area contributed by atoms with Crippen molar-refractivity contribution in [2.75, 3.05) is 37.7 Å². The van der Waals surface area contributed by atoms with E-state index in [1.807, 2.05) is 23.6 Å². The summed E-state index contributed by atoms with van der Waals surface area (Å²) < 4.78 is 5.64. The molecule has 0 aromatic heterocycles. The molecule has 2 fully saturated rings. The van der Waals surface area contributed by atoms with Gasteiger partial charge in [-0.15, -0.1) is 0 Å². The maximum absolute atomic E-state index is 12.2. The van der Waals surface area contributed by atoms with Crippen LogP contribution in [0.2, 0.25) is 0 Å². The fraction of sp³-hybridized carbons (Fsp3) is 0.923. The first-order valence-electron chi connectivity index (χ1n) is 7.00. The van der Waals surface area contributed by atoms with Gasteiger partial charge in [0.15, 0.2) is 0 Å². The van der Waals surface area contributed by atoms with E-state index in [0.717, 1.165) is 44.8 Å². The third-order valence-corrected chi connectivity index (χ3v) is 4.68. The number of hydrogen-bond donors (Lipinski definition) is 1. The Bertz CT molecular complexity index is 268. The third-order valence-electron chi connectivity index (χ3n) is 3.55. The van der Waals surface area contributed by atoms with E-state index in [9.17, 15) is 4.79 Å². The molecule has 4 nitrogen and oxygen atoms in total. The number of ether oxygens (including phenoxy) is 1. The highest BCUT2D eigenvalue weighted by atomic mass is 32.2. The summed E-state index contributed by atoms with van der Waals surface area (Å²) in [6, 6.07) is 0.365. The van der Waals surface area contributed by atoms with Crippen LogP contribution in [0.3, 0.4) is 0 Å².